The number of ether oxygens (including phenoxy) is 4. The van der Waals surface area contributed by atoms with E-state index >= 15 is 0 Å². The van der Waals surface area contributed by atoms with Gasteiger partial charge < -0.3 is 34.5 Å². The van der Waals surface area contributed by atoms with Crippen LogP contribution in [0.2, 0.25) is 0 Å². The molecule has 16 nitrogen and oxygen atoms in total. The van der Waals surface area contributed by atoms with Crippen LogP contribution < -0.4 is 26.4 Å². The molecule has 3 amide bonds. The fraction of sp³-hybridized carbons (Fsp3) is 0.487. The summed E-state index contributed by atoms with van der Waals surface area (Å²) >= 11 is 3.51. The lowest BCUT2D eigenvalue weighted by Crippen LogP contribution is -2.44. The van der Waals surface area contributed by atoms with Crippen LogP contribution in [0.15, 0.2) is 64.0 Å². The van der Waals surface area contributed by atoms with E-state index in [4.69, 9.17) is 18.9 Å². The van der Waals surface area contributed by atoms with Crippen molar-refractivity contribution in [2.24, 2.45) is 5.92 Å². The SMILES string of the molecule is CN(CCCNc1nc(Nc2ccc(OCCOCCOCCOCCn3c(=O)n(C4CCC(=O)NC4=O)c4ccccc43)cc2)ncc1Br)C(=O)C1CCC1. The second-order valence-electron chi connectivity index (χ2n) is 13.7. The second-order valence-corrected chi connectivity index (χ2v) is 14.5. The highest BCUT2D eigenvalue weighted by atomic mass is 79.9. The van der Waals surface area contributed by atoms with Crippen LogP contribution in [0.4, 0.5) is 17.5 Å². The monoisotopic (exact) mass is 836 g/mol. The number of carbonyl (C=O) groups is 3. The molecule has 1 saturated heterocycles. The molecule has 1 aliphatic carbocycles. The molecule has 6 rings (SSSR count). The van der Waals surface area contributed by atoms with Gasteiger partial charge in [-0.05, 0) is 78.0 Å². The van der Waals surface area contributed by atoms with Crippen molar-refractivity contribution in [1.82, 2.24) is 29.3 Å². The first kappa shape index (κ1) is 40.8. The zero-order chi connectivity index (χ0) is 39.3. The number of nitrogens with one attached hydrogen (secondary N) is 3. The number of nitrogens with zero attached hydrogens (tertiary/aromatic N) is 5. The van der Waals surface area contributed by atoms with Crippen LogP contribution in [0.3, 0.4) is 0 Å². The van der Waals surface area contributed by atoms with Crippen molar-refractivity contribution in [1.29, 1.82) is 0 Å². The summed E-state index contributed by atoms with van der Waals surface area (Å²) in [6, 6.07) is 14.1. The van der Waals surface area contributed by atoms with Gasteiger partial charge in [-0.2, -0.15) is 4.98 Å². The van der Waals surface area contributed by atoms with Crippen molar-refractivity contribution in [2.75, 3.05) is 77.0 Å². The molecule has 1 atom stereocenters. The first-order chi connectivity index (χ1) is 27.3. The Morgan fingerprint density at radius 3 is 2.32 bits per heavy atom. The van der Waals surface area contributed by atoms with E-state index in [2.05, 4.69) is 41.8 Å². The summed E-state index contributed by atoms with van der Waals surface area (Å²) in [5, 5.41) is 8.88. The van der Waals surface area contributed by atoms with Gasteiger partial charge in [-0.25, -0.2) is 9.78 Å². The number of anilines is 3. The minimum absolute atomic E-state index is 0.190. The van der Waals surface area contributed by atoms with Gasteiger partial charge in [0.25, 0.3) is 0 Å². The third-order valence-corrected chi connectivity index (χ3v) is 10.3. The fourth-order valence-corrected chi connectivity index (χ4v) is 6.84. The van der Waals surface area contributed by atoms with E-state index in [1.165, 1.54) is 4.57 Å². The number of carbonyl (C=O) groups excluding carboxylic acids is 3. The van der Waals surface area contributed by atoms with Crippen molar-refractivity contribution in [3.63, 3.8) is 0 Å². The Labute approximate surface area is 333 Å². The Morgan fingerprint density at radius 1 is 0.929 bits per heavy atom. The maximum Gasteiger partial charge on any atom is 0.329 e. The average Bonchev–Trinajstić information content (AvgIpc) is 3.45. The molecule has 56 heavy (non-hydrogen) atoms. The van der Waals surface area contributed by atoms with E-state index in [1.807, 2.05) is 54.4 Å². The number of para-hydroxylation sites is 2. The maximum absolute atomic E-state index is 13.3. The number of fused-ring (bicyclic) bond motifs is 1. The molecule has 2 aromatic carbocycles. The summed E-state index contributed by atoms with van der Waals surface area (Å²) in [6.07, 6.45) is 6.16. The number of imide groups is 1. The zero-order valence-electron chi connectivity index (χ0n) is 31.5. The van der Waals surface area contributed by atoms with Gasteiger partial charge in [0.1, 0.15) is 24.2 Å². The number of amides is 3. The van der Waals surface area contributed by atoms with Gasteiger partial charge >= 0.3 is 5.69 Å². The zero-order valence-corrected chi connectivity index (χ0v) is 33.1. The van der Waals surface area contributed by atoms with Crippen LogP contribution in [-0.2, 0) is 35.1 Å². The van der Waals surface area contributed by atoms with Gasteiger partial charge in [-0.15, -0.1) is 0 Å². The maximum atomic E-state index is 13.3. The molecule has 1 aliphatic heterocycles. The number of rotatable bonds is 22. The lowest BCUT2D eigenvalue weighted by molar-refractivity contribution is -0.137. The number of hydrogen-bond acceptors (Lipinski definition) is 12. The summed E-state index contributed by atoms with van der Waals surface area (Å²) in [4.78, 5) is 60.6. The Morgan fingerprint density at radius 2 is 1.62 bits per heavy atom. The Kier molecular flexibility index (Phi) is 14.8. The Bertz CT molecular complexity index is 2000. The summed E-state index contributed by atoms with van der Waals surface area (Å²) in [5.74, 6) is 1.51. The van der Waals surface area contributed by atoms with E-state index in [1.54, 1.807) is 16.8 Å². The van der Waals surface area contributed by atoms with E-state index in [0.717, 1.165) is 35.8 Å². The highest BCUT2D eigenvalue weighted by Gasteiger charge is 2.31. The van der Waals surface area contributed by atoms with Gasteiger partial charge in [-0.1, -0.05) is 18.6 Å². The molecule has 2 aliphatic rings. The quantitative estimate of drug-likeness (QED) is 0.0758. The summed E-state index contributed by atoms with van der Waals surface area (Å²) in [7, 11) is 1.87. The highest BCUT2D eigenvalue weighted by molar-refractivity contribution is 9.10. The normalized spacial score (nSPS) is 15.7. The lowest BCUT2D eigenvalue weighted by atomic mass is 9.84. The predicted octanol–water partition coefficient (Wildman–Crippen LogP) is 4.27. The van der Waals surface area contributed by atoms with Crippen LogP contribution in [0.25, 0.3) is 11.0 Å². The molecule has 300 valence electrons. The molecule has 3 N–H and O–H groups in total. The molecule has 0 bridgehead atoms. The van der Waals surface area contributed by atoms with Crippen LogP contribution in [0, 0.1) is 5.92 Å². The average molecular weight is 838 g/mol. The van der Waals surface area contributed by atoms with Crippen molar-refractivity contribution >= 4 is 62.1 Å². The van der Waals surface area contributed by atoms with Crippen molar-refractivity contribution in [3.05, 3.63) is 69.7 Å². The van der Waals surface area contributed by atoms with Gasteiger partial charge in [0.05, 0.1) is 61.7 Å². The largest absolute Gasteiger partial charge is 0.491 e. The topological polar surface area (TPSA) is 180 Å². The van der Waals surface area contributed by atoms with E-state index < -0.39 is 11.9 Å². The van der Waals surface area contributed by atoms with Crippen LogP contribution in [0.1, 0.15) is 44.6 Å². The first-order valence-corrected chi connectivity index (χ1v) is 19.9. The number of imidazole rings is 1. The highest BCUT2D eigenvalue weighted by Crippen LogP contribution is 2.28. The first-order valence-electron chi connectivity index (χ1n) is 19.1. The summed E-state index contributed by atoms with van der Waals surface area (Å²) in [6.45, 7) is 4.28. The molecular weight excluding hydrogens is 788 g/mol. The van der Waals surface area contributed by atoms with E-state index in [9.17, 15) is 19.2 Å². The molecular formula is C39H49BrN8O8. The number of piperidine rings is 1. The van der Waals surface area contributed by atoms with Gasteiger partial charge in [-0.3, -0.25) is 28.8 Å². The molecule has 1 saturated carbocycles. The van der Waals surface area contributed by atoms with Gasteiger partial charge in [0, 0.05) is 44.4 Å². The number of benzene rings is 2. The lowest BCUT2D eigenvalue weighted by Gasteiger charge is -2.29. The molecule has 1 unspecified atom stereocenters. The van der Waals surface area contributed by atoms with Crippen LogP contribution in [0.5, 0.6) is 5.75 Å². The summed E-state index contributed by atoms with van der Waals surface area (Å²) < 4.78 is 26.6. The Hall–Kier alpha value is -4.84. The minimum atomic E-state index is -0.730. The summed E-state index contributed by atoms with van der Waals surface area (Å²) in [5.41, 5.74) is 1.85. The molecule has 0 radical (unpaired) electrons. The standard InChI is InChI=1S/C39H49BrN8O8/c1-46(37(51)27-6-4-7-27)17-5-16-41-35-30(40)26-42-38(45-35)43-28-10-12-29(13-11-28)56-25-24-55-23-22-54-21-20-53-19-18-47-31-8-2-3-9-32(31)48(39(47)52)33-14-15-34(49)44-36(33)50/h2-3,8-13,26-27,33H,4-7,14-25H2,1H3,(H,44,49,50)(H2,41,42,43,45). The van der Waals surface area contributed by atoms with E-state index in [-0.39, 0.29) is 42.9 Å². The van der Waals surface area contributed by atoms with Crippen LogP contribution in [-0.4, -0.2) is 108 Å². The molecule has 17 heteroatoms. The second kappa shape index (κ2) is 20.4. The van der Waals surface area contributed by atoms with E-state index in [0.29, 0.717) is 87.8 Å². The molecule has 3 heterocycles. The molecule has 2 aromatic heterocycles. The third-order valence-electron chi connectivity index (χ3n) is 9.74. The number of hydrogen-bond donors (Lipinski definition) is 3. The molecule has 2 fully saturated rings. The van der Waals surface area contributed by atoms with Crippen molar-refractivity contribution in [3.8, 4) is 5.75 Å². The third kappa shape index (κ3) is 10.9. The fourth-order valence-electron chi connectivity index (χ4n) is 6.51. The molecule has 4 aromatic rings. The smallest absolute Gasteiger partial charge is 0.329 e. The minimum Gasteiger partial charge on any atom is -0.491 e. The predicted molar refractivity (Wildman–Crippen MR) is 213 cm³/mol. The van der Waals surface area contributed by atoms with Gasteiger partial charge in [0.15, 0.2) is 0 Å². The van der Waals surface area contributed by atoms with Crippen molar-refractivity contribution < 1.29 is 33.3 Å². The van der Waals surface area contributed by atoms with Crippen LogP contribution >= 0.6 is 15.9 Å². The Balaban J connectivity index is 0.809. The number of halogens is 1. The molecule has 0 spiro atoms. The van der Waals surface area contributed by atoms with Crippen molar-refractivity contribution in [2.45, 2.75) is 51.1 Å². The van der Waals surface area contributed by atoms with Gasteiger partial charge in [0.2, 0.25) is 23.7 Å². The number of aromatic nitrogens is 4.